The van der Waals surface area contributed by atoms with Gasteiger partial charge in [-0.05, 0) is 13.0 Å². The third kappa shape index (κ3) is 6.40. The Morgan fingerprint density at radius 2 is 2.16 bits per heavy atom. The van der Waals surface area contributed by atoms with Crippen molar-refractivity contribution in [1.82, 2.24) is 5.32 Å². The average Bonchev–Trinajstić information content (AvgIpc) is 2.74. The van der Waals surface area contributed by atoms with Gasteiger partial charge in [0.05, 0.1) is 10.1 Å². The Bertz CT molecular complexity index is 490. The van der Waals surface area contributed by atoms with E-state index in [-0.39, 0.29) is 63.2 Å². The maximum absolute atomic E-state index is 10.4. The molecular formula is C10H14KNO5S2. The first kappa shape index (κ1) is 17.9. The Kier molecular flexibility index (Phi) is 7.80. The molecule has 9 heteroatoms. The summed E-state index contributed by atoms with van der Waals surface area (Å²) in [5, 5.41) is 6.81. The molecule has 1 N–H and O–H groups in total. The van der Waals surface area contributed by atoms with Crippen LogP contribution < -0.4 is 66.2 Å². The van der Waals surface area contributed by atoms with Gasteiger partial charge in [0.1, 0.15) is 12.7 Å². The van der Waals surface area contributed by atoms with Crippen LogP contribution in [-0.4, -0.2) is 44.5 Å². The summed E-state index contributed by atoms with van der Waals surface area (Å²) in [6.45, 7) is 1.50. The Balaban J connectivity index is 0.00000180. The first-order valence-corrected chi connectivity index (χ1v) is 8.06. The van der Waals surface area contributed by atoms with Crippen LogP contribution in [0.3, 0.4) is 0 Å². The van der Waals surface area contributed by atoms with E-state index in [1.807, 2.05) is 10.8 Å². The Morgan fingerprint density at radius 3 is 2.89 bits per heavy atom. The largest absolute Gasteiger partial charge is 1.00 e. The maximum atomic E-state index is 10.4. The Hall–Kier alpha value is 0.806. The molecule has 1 atom stereocenters. The molecule has 0 spiro atoms. The van der Waals surface area contributed by atoms with Crippen molar-refractivity contribution >= 4 is 21.5 Å². The molecule has 0 saturated heterocycles. The minimum absolute atomic E-state index is 0. The molecule has 0 fully saturated rings. The fourth-order valence-corrected chi connectivity index (χ4v) is 2.77. The molecule has 0 amide bonds. The SMILES string of the molecule is O=S(=O)([O-])CCCNCC1COc2cscc2O1.[K+]. The van der Waals surface area contributed by atoms with Crippen LogP contribution in [0.2, 0.25) is 0 Å². The third-order valence-corrected chi connectivity index (χ3v) is 3.92. The smallest absolute Gasteiger partial charge is 0.748 e. The first-order valence-electron chi connectivity index (χ1n) is 5.54. The standard InChI is InChI=1S/C10H15NO5S2.K/c12-18(13,14)3-1-2-11-4-8-5-15-9-6-17-7-10(9)16-8;/h6-8,11H,1-5H2,(H,12,13,14);/q;+1/p-1. The number of fused-ring (bicyclic) bond motifs is 1. The molecule has 2 rings (SSSR count). The van der Waals surface area contributed by atoms with E-state index >= 15 is 0 Å². The zero-order chi connectivity index (χ0) is 13.0. The first-order chi connectivity index (χ1) is 8.54. The van der Waals surface area contributed by atoms with E-state index in [1.165, 1.54) is 11.3 Å². The van der Waals surface area contributed by atoms with Crippen LogP contribution in [0, 0.1) is 0 Å². The molecule has 0 radical (unpaired) electrons. The number of thiophene rings is 1. The molecule has 0 aromatic carbocycles. The Labute approximate surface area is 159 Å². The van der Waals surface area contributed by atoms with Crippen molar-refractivity contribution in [2.75, 3.05) is 25.4 Å². The molecule has 0 saturated carbocycles. The van der Waals surface area contributed by atoms with Crippen molar-refractivity contribution in [2.24, 2.45) is 0 Å². The van der Waals surface area contributed by atoms with Crippen molar-refractivity contribution in [1.29, 1.82) is 0 Å². The van der Waals surface area contributed by atoms with Crippen LogP contribution in [-0.2, 0) is 10.1 Å². The molecular weight excluding hydrogens is 317 g/mol. The van der Waals surface area contributed by atoms with Crippen LogP contribution in [0.4, 0.5) is 0 Å². The minimum atomic E-state index is -4.11. The summed E-state index contributed by atoms with van der Waals surface area (Å²) in [6, 6.07) is 0. The van der Waals surface area contributed by atoms with Crippen LogP contribution in [0.1, 0.15) is 6.42 Å². The van der Waals surface area contributed by atoms with Gasteiger partial charge in [-0.3, -0.25) is 0 Å². The van der Waals surface area contributed by atoms with E-state index in [1.54, 1.807) is 0 Å². The normalized spacial score (nSPS) is 17.8. The van der Waals surface area contributed by atoms with E-state index in [2.05, 4.69) is 5.32 Å². The summed E-state index contributed by atoms with van der Waals surface area (Å²) in [5.74, 6) is 1.19. The van der Waals surface area contributed by atoms with Gasteiger partial charge in [0.25, 0.3) is 0 Å². The van der Waals surface area contributed by atoms with Gasteiger partial charge in [0.2, 0.25) is 0 Å². The fraction of sp³-hybridized carbons (Fsp3) is 0.600. The van der Waals surface area contributed by atoms with E-state index in [0.717, 1.165) is 11.5 Å². The van der Waals surface area contributed by atoms with Gasteiger partial charge in [-0.1, -0.05) is 0 Å². The number of hydrogen-bond acceptors (Lipinski definition) is 7. The predicted octanol–water partition coefficient (Wildman–Crippen LogP) is -2.58. The predicted molar refractivity (Wildman–Crippen MR) is 66.3 cm³/mol. The van der Waals surface area contributed by atoms with Crippen molar-refractivity contribution in [3.63, 3.8) is 0 Å². The van der Waals surface area contributed by atoms with E-state index in [4.69, 9.17) is 9.47 Å². The number of rotatable bonds is 6. The summed E-state index contributed by atoms with van der Waals surface area (Å²) in [4.78, 5) is 0. The molecule has 0 bridgehead atoms. The molecule has 1 aromatic rings. The number of ether oxygens (including phenoxy) is 2. The maximum Gasteiger partial charge on any atom is 1.00 e. The minimum Gasteiger partial charge on any atom is -0.748 e. The molecule has 1 aliphatic heterocycles. The van der Waals surface area contributed by atoms with Crippen LogP contribution in [0.5, 0.6) is 11.5 Å². The Morgan fingerprint density at radius 1 is 1.42 bits per heavy atom. The van der Waals surface area contributed by atoms with Gasteiger partial charge in [-0.25, -0.2) is 8.42 Å². The van der Waals surface area contributed by atoms with Gasteiger partial charge in [0, 0.05) is 23.1 Å². The van der Waals surface area contributed by atoms with Gasteiger partial charge in [-0.15, -0.1) is 11.3 Å². The molecule has 1 aromatic heterocycles. The summed E-state index contributed by atoms with van der Waals surface area (Å²) in [7, 11) is -4.11. The van der Waals surface area contributed by atoms with Gasteiger partial charge in [0.15, 0.2) is 11.5 Å². The second-order valence-corrected chi connectivity index (χ2v) is 6.24. The van der Waals surface area contributed by atoms with Crippen molar-refractivity contribution in [2.45, 2.75) is 12.5 Å². The van der Waals surface area contributed by atoms with Crippen molar-refractivity contribution in [3.05, 3.63) is 10.8 Å². The quantitative estimate of drug-likeness (QED) is 0.350. The fourth-order valence-electron chi connectivity index (χ4n) is 1.60. The zero-order valence-corrected chi connectivity index (χ0v) is 15.4. The van der Waals surface area contributed by atoms with Crippen molar-refractivity contribution < 1.29 is 73.8 Å². The average molecular weight is 331 g/mol. The van der Waals surface area contributed by atoms with E-state index in [0.29, 0.717) is 26.1 Å². The second kappa shape index (κ2) is 8.30. The topological polar surface area (TPSA) is 87.7 Å². The third-order valence-electron chi connectivity index (χ3n) is 2.43. The van der Waals surface area contributed by atoms with Crippen LogP contribution in [0.25, 0.3) is 0 Å². The monoisotopic (exact) mass is 331 g/mol. The van der Waals surface area contributed by atoms with E-state index in [9.17, 15) is 13.0 Å². The van der Waals surface area contributed by atoms with Crippen LogP contribution >= 0.6 is 11.3 Å². The zero-order valence-electron chi connectivity index (χ0n) is 10.6. The van der Waals surface area contributed by atoms with Gasteiger partial charge < -0.3 is 19.3 Å². The van der Waals surface area contributed by atoms with Gasteiger partial charge in [-0.2, -0.15) is 0 Å². The van der Waals surface area contributed by atoms with Crippen molar-refractivity contribution in [3.8, 4) is 11.5 Å². The molecule has 102 valence electrons. The number of nitrogens with one attached hydrogen (secondary N) is 1. The molecule has 1 unspecified atom stereocenters. The summed E-state index contributed by atoms with van der Waals surface area (Å²) in [5.41, 5.74) is 0. The number of hydrogen-bond donors (Lipinski definition) is 1. The molecule has 2 heterocycles. The second-order valence-electron chi connectivity index (χ2n) is 3.97. The van der Waals surface area contributed by atoms with Gasteiger partial charge >= 0.3 is 51.4 Å². The molecule has 6 nitrogen and oxygen atoms in total. The molecule has 0 aliphatic carbocycles. The summed E-state index contributed by atoms with van der Waals surface area (Å²) in [6.07, 6.45) is 0.222. The van der Waals surface area contributed by atoms with E-state index < -0.39 is 10.1 Å². The molecule has 1 aliphatic rings. The van der Waals surface area contributed by atoms with Crippen LogP contribution in [0.15, 0.2) is 10.8 Å². The summed E-state index contributed by atoms with van der Waals surface area (Å²) < 4.78 is 42.3. The summed E-state index contributed by atoms with van der Waals surface area (Å²) >= 11 is 1.52. The molecule has 19 heavy (non-hydrogen) atoms.